The molecule has 0 aliphatic carbocycles. The molecule has 1 aliphatic rings. The fraction of sp³-hybridized carbons (Fsp3) is 0.143. The maximum atomic E-state index is 5.34. The molecule has 0 unspecified atom stereocenters. The van der Waals surface area contributed by atoms with Gasteiger partial charge < -0.3 is 14.8 Å². The van der Waals surface area contributed by atoms with Gasteiger partial charge in [-0.05, 0) is 29.8 Å². The molecule has 0 fully saturated rings. The van der Waals surface area contributed by atoms with Crippen LogP contribution in [-0.2, 0) is 6.54 Å². The third-order valence-electron chi connectivity index (χ3n) is 2.71. The fourth-order valence-corrected chi connectivity index (χ4v) is 1.81. The van der Waals surface area contributed by atoms with Gasteiger partial charge >= 0.3 is 0 Å². The Balaban J connectivity index is 1.70. The van der Waals surface area contributed by atoms with Gasteiger partial charge in [-0.2, -0.15) is 0 Å². The Hall–Kier alpha value is -2.16. The van der Waals surface area contributed by atoms with Gasteiger partial charge in [0.25, 0.3) is 0 Å². The molecule has 0 aromatic heterocycles. The average molecular weight is 227 g/mol. The molecular formula is C14H13NO2. The number of benzene rings is 2. The molecule has 0 radical (unpaired) electrons. The average Bonchev–Trinajstić information content (AvgIpc) is 2.85. The topological polar surface area (TPSA) is 30.5 Å². The minimum absolute atomic E-state index is 0.324. The van der Waals surface area contributed by atoms with Crippen molar-refractivity contribution in [1.29, 1.82) is 0 Å². The Bertz CT molecular complexity index is 511. The summed E-state index contributed by atoms with van der Waals surface area (Å²) < 4.78 is 10.6. The van der Waals surface area contributed by atoms with Crippen LogP contribution in [0, 0.1) is 0 Å². The fourth-order valence-electron chi connectivity index (χ4n) is 1.81. The molecule has 17 heavy (non-hydrogen) atoms. The molecule has 0 atom stereocenters. The zero-order chi connectivity index (χ0) is 11.5. The van der Waals surface area contributed by atoms with Crippen LogP contribution in [0.2, 0.25) is 0 Å². The van der Waals surface area contributed by atoms with Gasteiger partial charge in [0, 0.05) is 12.2 Å². The van der Waals surface area contributed by atoms with E-state index in [0.717, 1.165) is 23.7 Å². The second kappa shape index (κ2) is 4.37. The summed E-state index contributed by atoms with van der Waals surface area (Å²) in [6.45, 7) is 1.10. The molecule has 2 aromatic carbocycles. The van der Waals surface area contributed by atoms with Gasteiger partial charge in [0.1, 0.15) is 0 Å². The number of para-hydroxylation sites is 1. The van der Waals surface area contributed by atoms with Crippen LogP contribution in [0.4, 0.5) is 5.69 Å². The molecule has 0 amide bonds. The predicted octanol–water partition coefficient (Wildman–Crippen LogP) is 3.03. The molecular weight excluding hydrogens is 214 g/mol. The van der Waals surface area contributed by atoms with Crippen LogP contribution in [-0.4, -0.2) is 6.79 Å². The molecule has 3 rings (SSSR count). The van der Waals surface area contributed by atoms with E-state index in [0.29, 0.717) is 6.79 Å². The van der Waals surface area contributed by atoms with E-state index >= 15 is 0 Å². The molecule has 0 saturated carbocycles. The summed E-state index contributed by atoms with van der Waals surface area (Å²) in [4.78, 5) is 0. The highest BCUT2D eigenvalue weighted by molar-refractivity contribution is 5.47. The molecule has 0 bridgehead atoms. The van der Waals surface area contributed by atoms with Crippen LogP contribution >= 0.6 is 0 Å². The molecule has 0 spiro atoms. The standard InChI is InChI=1S/C14H13NO2/c1-2-4-12(5-3-1)15-9-11-6-7-13-14(8-11)17-10-16-13/h1-8,15H,9-10H2. The quantitative estimate of drug-likeness (QED) is 0.874. The molecule has 1 N–H and O–H groups in total. The van der Waals surface area contributed by atoms with Gasteiger partial charge in [-0.25, -0.2) is 0 Å². The molecule has 3 heteroatoms. The Labute approximate surface area is 100.0 Å². The monoisotopic (exact) mass is 227 g/mol. The van der Waals surface area contributed by atoms with Gasteiger partial charge in [0.2, 0.25) is 6.79 Å². The molecule has 1 heterocycles. The first-order chi connectivity index (χ1) is 8.42. The highest BCUT2D eigenvalue weighted by atomic mass is 16.7. The van der Waals surface area contributed by atoms with Crippen LogP contribution in [0.5, 0.6) is 11.5 Å². The van der Waals surface area contributed by atoms with Crippen LogP contribution in [0.3, 0.4) is 0 Å². The number of ether oxygens (including phenoxy) is 2. The van der Waals surface area contributed by atoms with Crippen LogP contribution in [0.1, 0.15) is 5.56 Å². The molecule has 3 nitrogen and oxygen atoms in total. The first-order valence-electron chi connectivity index (χ1n) is 5.59. The zero-order valence-electron chi connectivity index (χ0n) is 9.35. The van der Waals surface area contributed by atoms with Gasteiger partial charge in [0.05, 0.1) is 0 Å². The third kappa shape index (κ3) is 2.18. The minimum Gasteiger partial charge on any atom is -0.454 e. The van der Waals surface area contributed by atoms with E-state index < -0.39 is 0 Å². The summed E-state index contributed by atoms with van der Waals surface area (Å²) >= 11 is 0. The maximum absolute atomic E-state index is 5.34. The van der Waals surface area contributed by atoms with E-state index in [4.69, 9.17) is 9.47 Å². The second-order valence-electron chi connectivity index (χ2n) is 3.91. The van der Waals surface area contributed by atoms with Crippen molar-refractivity contribution >= 4 is 5.69 Å². The molecule has 2 aromatic rings. The van der Waals surface area contributed by atoms with Crippen molar-refractivity contribution in [2.75, 3.05) is 12.1 Å². The van der Waals surface area contributed by atoms with Crippen LogP contribution in [0.15, 0.2) is 48.5 Å². The van der Waals surface area contributed by atoms with Crippen molar-refractivity contribution < 1.29 is 9.47 Å². The van der Waals surface area contributed by atoms with E-state index in [9.17, 15) is 0 Å². The lowest BCUT2D eigenvalue weighted by atomic mass is 10.2. The SMILES string of the molecule is c1ccc(NCc2ccc3c(c2)OCO3)cc1. The van der Waals surface area contributed by atoms with E-state index in [1.54, 1.807) is 0 Å². The minimum atomic E-state index is 0.324. The molecule has 86 valence electrons. The van der Waals surface area contributed by atoms with Crippen molar-refractivity contribution in [2.24, 2.45) is 0 Å². The van der Waals surface area contributed by atoms with E-state index in [1.165, 1.54) is 5.56 Å². The van der Waals surface area contributed by atoms with Gasteiger partial charge in [-0.1, -0.05) is 24.3 Å². The summed E-state index contributed by atoms with van der Waals surface area (Å²) in [7, 11) is 0. The summed E-state index contributed by atoms with van der Waals surface area (Å²) in [5.74, 6) is 1.66. The zero-order valence-corrected chi connectivity index (χ0v) is 9.35. The van der Waals surface area contributed by atoms with Crippen LogP contribution in [0.25, 0.3) is 0 Å². The van der Waals surface area contributed by atoms with Gasteiger partial charge in [-0.15, -0.1) is 0 Å². The van der Waals surface area contributed by atoms with E-state index in [2.05, 4.69) is 5.32 Å². The normalized spacial score (nSPS) is 12.5. The smallest absolute Gasteiger partial charge is 0.231 e. The van der Waals surface area contributed by atoms with Crippen molar-refractivity contribution in [3.8, 4) is 11.5 Å². The number of fused-ring (bicyclic) bond motifs is 1. The number of nitrogens with one attached hydrogen (secondary N) is 1. The van der Waals surface area contributed by atoms with Crippen molar-refractivity contribution in [2.45, 2.75) is 6.54 Å². The Morgan fingerprint density at radius 1 is 0.941 bits per heavy atom. The summed E-state index contributed by atoms with van der Waals surface area (Å²) in [6.07, 6.45) is 0. The van der Waals surface area contributed by atoms with Gasteiger partial charge in [-0.3, -0.25) is 0 Å². The largest absolute Gasteiger partial charge is 0.454 e. The Morgan fingerprint density at radius 3 is 2.65 bits per heavy atom. The van der Waals surface area contributed by atoms with Crippen molar-refractivity contribution in [3.63, 3.8) is 0 Å². The number of anilines is 1. The second-order valence-corrected chi connectivity index (χ2v) is 3.91. The van der Waals surface area contributed by atoms with Crippen molar-refractivity contribution in [3.05, 3.63) is 54.1 Å². The number of rotatable bonds is 3. The highest BCUT2D eigenvalue weighted by Crippen LogP contribution is 2.32. The lowest BCUT2D eigenvalue weighted by Crippen LogP contribution is -1.98. The lowest BCUT2D eigenvalue weighted by molar-refractivity contribution is 0.174. The van der Waals surface area contributed by atoms with Gasteiger partial charge in [0.15, 0.2) is 11.5 Å². The van der Waals surface area contributed by atoms with Crippen molar-refractivity contribution in [1.82, 2.24) is 0 Å². The van der Waals surface area contributed by atoms with Crippen LogP contribution < -0.4 is 14.8 Å². The molecule has 1 aliphatic heterocycles. The number of hydrogen-bond donors (Lipinski definition) is 1. The third-order valence-corrected chi connectivity index (χ3v) is 2.71. The summed E-state index contributed by atoms with van der Waals surface area (Å²) in [5, 5.41) is 3.36. The van der Waals surface area contributed by atoms with E-state index in [-0.39, 0.29) is 0 Å². The first kappa shape index (κ1) is 10.0. The Kier molecular flexibility index (Phi) is 2.58. The highest BCUT2D eigenvalue weighted by Gasteiger charge is 2.12. The van der Waals surface area contributed by atoms with E-state index in [1.807, 2.05) is 48.5 Å². The summed E-state index contributed by atoms with van der Waals surface area (Å²) in [6, 6.07) is 16.1. The predicted molar refractivity (Wildman–Crippen MR) is 66.3 cm³/mol. The first-order valence-corrected chi connectivity index (χ1v) is 5.59. The molecule has 0 saturated heterocycles. The number of hydrogen-bond acceptors (Lipinski definition) is 3. The Morgan fingerprint density at radius 2 is 1.76 bits per heavy atom. The summed E-state index contributed by atoms with van der Waals surface area (Å²) in [5.41, 5.74) is 2.29. The lowest BCUT2D eigenvalue weighted by Gasteiger charge is -2.06. The maximum Gasteiger partial charge on any atom is 0.231 e.